The highest BCUT2D eigenvalue weighted by Crippen LogP contribution is 2.47. The molecule has 3 nitrogen and oxygen atoms in total. The Hall–Kier alpha value is -0.350. The van der Waals surface area contributed by atoms with E-state index in [9.17, 15) is 5.11 Å². The maximum atomic E-state index is 10.5. The standard InChI is InChI=1S/C11H17BrN2O/c1-3-6-14-10(9(12)7-13-14)11(2,15)8-4-5-8/h7-8,15H,3-6H2,1-2H3. The molecule has 1 saturated carbocycles. The lowest BCUT2D eigenvalue weighted by Gasteiger charge is -2.24. The number of aryl methyl sites for hydroxylation is 1. The van der Waals surface area contributed by atoms with Gasteiger partial charge in [-0.15, -0.1) is 0 Å². The molecule has 0 aromatic carbocycles. The highest BCUT2D eigenvalue weighted by Gasteiger charge is 2.44. The quantitative estimate of drug-likeness (QED) is 0.915. The molecule has 2 rings (SSSR count). The molecule has 1 aliphatic rings. The van der Waals surface area contributed by atoms with Crippen LogP contribution in [-0.2, 0) is 12.1 Å². The zero-order chi connectivity index (χ0) is 11.1. The minimum absolute atomic E-state index is 0.404. The highest BCUT2D eigenvalue weighted by molar-refractivity contribution is 9.10. The first kappa shape index (κ1) is 11.1. The number of hydrogen-bond acceptors (Lipinski definition) is 2. The zero-order valence-electron chi connectivity index (χ0n) is 9.20. The van der Waals surface area contributed by atoms with Crippen molar-refractivity contribution < 1.29 is 5.11 Å². The molecule has 4 heteroatoms. The predicted molar refractivity (Wildman–Crippen MR) is 62.5 cm³/mol. The lowest BCUT2D eigenvalue weighted by Crippen LogP contribution is -2.28. The highest BCUT2D eigenvalue weighted by atomic mass is 79.9. The van der Waals surface area contributed by atoms with Crippen molar-refractivity contribution in [2.75, 3.05) is 0 Å². The molecule has 0 aliphatic heterocycles. The van der Waals surface area contributed by atoms with Gasteiger partial charge in [-0.2, -0.15) is 5.10 Å². The van der Waals surface area contributed by atoms with E-state index < -0.39 is 5.60 Å². The minimum atomic E-state index is -0.732. The van der Waals surface area contributed by atoms with Gasteiger partial charge in [0.2, 0.25) is 0 Å². The second-order valence-corrected chi connectivity index (χ2v) is 5.34. The van der Waals surface area contributed by atoms with E-state index >= 15 is 0 Å². The molecule has 0 radical (unpaired) electrons. The van der Waals surface area contributed by atoms with E-state index in [1.807, 2.05) is 11.6 Å². The van der Waals surface area contributed by atoms with Gasteiger partial charge >= 0.3 is 0 Å². The Labute approximate surface area is 98.6 Å². The Morgan fingerprint density at radius 2 is 2.33 bits per heavy atom. The minimum Gasteiger partial charge on any atom is -0.384 e. The van der Waals surface area contributed by atoms with Crippen LogP contribution in [0.3, 0.4) is 0 Å². The molecule has 1 fully saturated rings. The van der Waals surface area contributed by atoms with Gasteiger partial charge in [-0.05, 0) is 48.0 Å². The Bertz CT molecular complexity index is 355. The number of aliphatic hydroxyl groups is 1. The van der Waals surface area contributed by atoms with Gasteiger partial charge in [0.15, 0.2) is 0 Å². The van der Waals surface area contributed by atoms with E-state index in [0.717, 1.165) is 36.0 Å². The Kier molecular flexibility index (Phi) is 2.90. The van der Waals surface area contributed by atoms with Gasteiger partial charge in [0, 0.05) is 6.54 Å². The van der Waals surface area contributed by atoms with Crippen LogP contribution in [0, 0.1) is 5.92 Å². The fraction of sp³-hybridized carbons (Fsp3) is 0.727. The molecule has 0 amide bonds. The van der Waals surface area contributed by atoms with Crippen LogP contribution in [0.2, 0.25) is 0 Å². The van der Waals surface area contributed by atoms with Crippen molar-refractivity contribution in [2.45, 2.75) is 45.3 Å². The van der Waals surface area contributed by atoms with Crippen molar-refractivity contribution >= 4 is 15.9 Å². The van der Waals surface area contributed by atoms with Crippen molar-refractivity contribution in [3.05, 3.63) is 16.4 Å². The summed E-state index contributed by atoms with van der Waals surface area (Å²) in [7, 11) is 0. The fourth-order valence-electron chi connectivity index (χ4n) is 2.09. The molecule has 15 heavy (non-hydrogen) atoms. The molecule has 1 heterocycles. The molecule has 84 valence electrons. The zero-order valence-corrected chi connectivity index (χ0v) is 10.8. The van der Waals surface area contributed by atoms with Crippen LogP contribution >= 0.6 is 15.9 Å². The van der Waals surface area contributed by atoms with Crippen LogP contribution in [0.4, 0.5) is 0 Å². The molecule has 0 spiro atoms. The SMILES string of the molecule is CCCn1ncc(Br)c1C(C)(O)C1CC1. The van der Waals surface area contributed by atoms with Gasteiger partial charge in [-0.25, -0.2) is 0 Å². The summed E-state index contributed by atoms with van der Waals surface area (Å²) in [4.78, 5) is 0. The number of rotatable bonds is 4. The Morgan fingerprint density at radius 3 is 2.87 bits per heavy atom. The third kappa shape index (κ3) is 1.97. The fourth-order valence-corrected chi connectivity index (χ4v) is 2.78. The summed E-state index contributed by atoms with van der Waals surface area (Å²) in [5.74, 6) is 0.404. The van der Waals surface area contributed by atoms with E-state index in [-0.39, 0.29) is 0 Å². The van der Waals surface area contributed by atoms with Crippen LogP contribution in [0.5, 0.6) is 0 Å². The molecule has 1 N–H and O–H groups in total. The van der Waals surface area contributed by atoms with Crippen LogP contribution in [-0.4, -0.2) is 14.9 Å². The molecular weight excluding hydrogens is 256 g/mol. The first-order chi connectivity index (χ1) is 7.07. The van der Waals surface area contributed by atoms with E-state index in [1.54, 1.807) is 6.20 Å². The summed E-state index contributed by atoms with van der Waals surface area (Å²) in [6, 6.07) is 0. The van der Waals surface area contributed by atoms with Gasteiger partial charge in [-0.3, -0.25) is 4.68 Å². The molecule has 1 aromatic rings. The lowest BCUT2D eigenvalue weighted by atomic mass is 9.96. The summed E-state index contributed by atoms with van der Waals surface area (Å²) in [5.41, 5.74) is 0.205. The Balaban J connectivity index is 2.35. The van der Waals surface area contributed by atoms with E-state index in [4.69, 9.17) is 0 Å². The molecule has 0 saturated heterocycles. The summed E-state index contributed by atoms with van der Waals surface area (Å²) < 4.78 is 2.84. The summed E-state index contributed by atoms with van der Waals surface area (Å²) in [6.45, 7) is 4.88. The summed E-state index contributed by atoms with van der Waals surface area (Å²) in [5, 5.41) is 14.8. The summed E-state index contributed by atoms with van der Waals surface area (Å²) >= 11 is 3.48. The molecule has 1 atom stereocenters. The number of halogens is 1. The van der Waals surface area contributed by atoms with Gasteiger partial charge in [0.05, 0.1) is 16.4 Å². The largest absolute Gasteiger partial charge is 0.384 e. The van der Waals surface area contributed by atoms with Gasteiger partial charge in [0.25, 0.3) is 0 Å². The second kappa shape index (κ2) is 3.91. The van der Waals surface area contributed by atoms with Crippen molar-refractivity contribution in [1.29, 1.82) is 0 Å². The van der Waals surface area contributed by atoms with E-state index in [2.05, 4.69) is 28.0 Å². The van der Waals surface area contributed by atoms with Crippen LogP contribution in [0.1, 0.15) is 38.8 Å². The Morgan fingerprint density at radius 1 is 1.67 bits per heavy atom. The van der Waals surface area contributed by atoms with Crippen molar-refractivity contribution in [2.24, 2.45) is 5.92 Å². The average molecular weight is 273 g/mol. The third-order valence-corrected chi connectivity index (χ3v) is 3.66. The average Bonchev–Trinajstić information content (AvgIpc) is 2.93. The topological polar surface area (TPSA) is 38.0 Å². The molecule has 1 unspecified atom stereocenters. The number of hydrogen-bond donors (Lipinski definition) is 1. The van der Waals surface area contributed by atoms with Crippen LogP contribution in [0.15, 0.2) is 10.7 Å². The third-order valence-electron chi connectivity index (χ3n) is 3.08. The lowest BCUT2D eigenvalue weighted by molar-refractivity contribution is 0.0230. The normalized spacial score (nSPS) is 20.3. The van der Waals surface area contributed by atoms with Crippen molar-refractivity contribution in [3.63, 3.8) is 0 Å². The van der Waals surface area contributed by atoms with Crippen LogP contribution < -0.4 is 0 Å². The predicted octanol–water partition coefficient (Wildman–Crippen LogP) is 2.67. The van der Waals surface area contributed by atoms with Crippen molar-refractivity contribution in [1.82, 2.24) is 9.78 Å². The first-order valence-electron chi connectivity index (χ1n) is 5.51. The number of aromatic nitrogens is 2. The van der Waals surface area contributed by atoms with Gasteiger partial charge < -0.3 is 5.11 Å². The summed E-state index contributed by atoms with van der Waals surface area (Å²) in [6.07, 6.45) is 5.05. The van der Waals surface area contributed by atoms with E-state index in [1.165, 1.54) is 0 Å². The van der Waals surface area contributed by atoms with Gasteiger partial charge in [-0.1, -0.05) is 6.92 Å². The molecule has 1 aliphatic carbocycles. The van der Waals surface area contributed by atoms with Crippen LogP contribution in [0.25, 0.3) is 0 Å². The second-order valence-electron chi connectivity index (χ2n) is 4.49. The smallest absolute Gasteiger partial charge is 0.107 e. The van der Waals surface area contributed by atoms with Gasteiger partial charge in [0.1, 0.15) is 5.60 Å². The molecule has 0 bridgehead atoms. The maximum absolute atomic E-state index is 10.5. The molecule has 1 aromatic heterocycles. The first-order valence-corrected chi connectivity index (χ1v) is 6.30. The number of nitrogens with zero attached hydrogens (tertiary/aromatic N) is 2. The van der Waals surface area contributed by atoms with E-state index in [0.29, 0.717) is 5.92 Å². The van der Waals surface area contributed by atoms with Crippen molar-refractivity contribution in [3.8, 4) is 0 Å². The maximum Gasteiger partial charge on any atom is 0.107 e. The molecular formula is C11H17BrN2O. The monoisotopic (exact) mass is 272 g/mol.